The highest BCUT2D eigenvalue weighted by atomic mass is 35.5. The van der Waals surface area contributed by atoms with Crippen LogP contribution in [0.5, 0.6) is 0 Å². The number of hydrogen-bond donors (Lipinski definition) is 2. The number of hydrogen-bond acceptors (Lipinski definition) is 5. The Morgan fingerprint density at radius 1 is 1.11 bits per heavy atom. The minimum atomic E-state index is -0.614. The van der Waals surface area contributed by atoms with Crippen molar-refractivity contribution in [1.29, 1.82) is 0 Å². The van der Waals surface area contributed by atoms with Crippen LogP contribution in [0.3, 0.4) is 0 Å². The standard InChI is InChI=1S/C28H29ClFN5O2/c1-18(2)25(34(16-6-15-31)27(36)19-9-12-21(30)13-10-19)26-32-24-17-20(29)11-14-23(24)28(37)35(26)33-22-7-4-3-5-8-22/h3-5,7-14,17-18,25,33H,6,15-16,31H2,1-2H3. The van der Waals surface area contributed by atoms with E-state index < -0.39 is 11.9 Å². The molecule has 0 bridgehead atoms. The summed E-state index contributed by atoms with van der Waals surface area (Å²) in [5.74, 6) is -0.529. The quantitative estimate of drug-likeness (QED) is 0.314. The van der Waals surface area contributed by atoms with Crippen LogP contribution < -0.4 is 16.7 Å². The lowest BCUT2D eigenvalue weighted by atomic mass is 9.99. The molecule has 3 N–H and O–H groups in total. The van der Waals surface area contributed by atoms with Crippen molar-refractivity contribution < 1.29 is 9.18 Å². The first-order chi connectivity index (χ1) is 17.8. The summed E-state index contributed by atoms with van der Waals surface area (Å²) < 4.78 is 15.0. The van der Waals surface area contributed by atoms with Gasteiger partial charge >= 0.3 is 0 Å². The van der Waals surface area contributed by atoms with E-state index >= 15 is 0 Å². The highest BCUT2D eigenvalue weighted by Crippen LogP contribution is 2.30. The van der Waals surface area contributed by atoms with E-state index in [0.29, 0.717) is 52.5 Å². The van der Waals surface area contributed by atoms with E-state index in [1.54, 1.807) is 23.1 Å². The molecule has 0 radical (unpaired) electrons. The van der Waals surface area contributed by atoms with Gasteiger partial charge in [-0.3, -0.25) is 15.0 Å². The van der Waals surface area contributed by atoms with Gasteiger partial charge in [0.2, 0.25) is 0 Å². The van der Waals surface area contributed by atoms with Gasteiger partial charge in [0, 0.05) is 17.1 Å². The zero-order chi connectivity index (χ0) is 26.5. The number of nitrogens with one attached hydrogen (secondary N) is 1. The number of carbonyl (C=O) groups excluding carboxylic acids is 1. The lowest BCUT2D eigenvalue weighted by Gasteiger charge is -2.35. The fourth-order valence-electron chi connectivity index (χ4n) is 4.31. The molecular weight excluding hydrogens is 493 g/mol. The molecule has 192 valence electrons. The maximum absolute atomic E-state index is 13.8. The minimum Gasteiger partial charge on any atom is -0.330 e. The van der Waals surface area contributed by atoms with E-state index in [1.807, 2.05) is 44.2 Å². The second-order valence-electron chi connectivity index (χ2n) is 9.09. The van der Waals surface area contributed by atoms with Crippen LogP contribution in [0, 0.1) is 11.7 Å². The molecule has 3 aromatic carbocycles. The van der Waals surface area contributed by atoms with Gasteiger partial charge in [-0.15, -0.1) is 0 Å². The monoisotopic (exact) mass is 521 g/mol. The van der Waals surface area contributed by atoms with Crippen LogP contribution in [-0.2, 0) is 0 Å². The summed E-state index contributed by atoms with van der Waals surface area (Å²) in [5.41, 5.74) is 10.1. The molecule has 0 fully saturated rings. The number of fused-ring (bicyclic) bond motifs is 1. The number of halogens is 2. The second-order valence-corrected chi connectivity index (χ2v) is 9.52. The van der Waals surface area contributed by atoms with Gasteiger partial charge in [-0.1, -0.05) is 43.6 Å². The highest BCUT2D eigenvalue weighted by molar-refractivity contribution is 6.31. The fourth-order valence-corrected chi connectivity index (χ4v) is 4.47. The van der Waals surface area contributed by atoms with Crippen molar-refractivity contribution in [3.63, 3.8) is 0 Å². The number of nitrogens with zero attached hydrogens (tertiary/aromatic N) is 3. The third kappa shape index (κ3) is 5.81. The van der Waals surface area contributed by atoms with Crippen molar-refractivity contribution in [2.75, 3.05) is 18.5 Å². The van der Waals surface area contributed by atoms with E-state index in [2.05, 4.69) is 5.43 Å². The Labute approximate surface area is 219 Å². The van der Waals surface area contributed by atoms with Crippen LogP contribution in [0.25, 0.3) is 10.9 Å². The van der Waals surface area contributed by atoms with Gasteiger partial charge in [0.05, 0.1) is 22.6 Å². The van der Waals surface area contributed by atoms with Gasteiger partial charge in [0.15, 0.2) is 5.82 Å². The summed E-state index contributed by atoms with van der Waals surface area (Å²) in [6.07, 6.45) is 0.534. The molecule has 1 atom stereocenters. The third-order valence-electron chi connectivity index (χ3n) is 6.06. The molecule has 1 unspecified atom stereocenters. The second kappa shape index (κ2) is 11.5. The first-order valence-electron chi connectivity index (χ1n) is 12.1. The molecule has 0 aliphatic heterocycles. The van der Waals surface area contributed by atoms with Gasteiger partial charge < -0.3 is 10.6 Å². The van der Waals surface area contributed by atoms with Crippen molar-refractivity contribution in [2.24, 2.45) is 11.7 Å². The summed E-state index contributed by atoms with van der Waals surface area (Å²) in [6.45, 7) is 4.61. The summed E-state index contributed by atoms with van der Waals surface area (Å²) in [4.78, 5) is 34.0. The third-order valence-corrected chi connectivity index (χ3v) is 6.29. The van der Waals surface area contributed by atoms with Gasteiger partial charge in [-0.05, 0) is 73.5 Å². The van der Waals surface area contributed by atoms with Crippen molar-refractivity contribution in [3.8, 4) is 0 Å². The molecule has 0 saturated heterocycles. The molecule has 0 aliphatic carbocycles. The first kappa shape index (κ1) is 26.3. The molecule has 0 aliphatic rings. The van der Waals surface area contributed by atoms with Crippen LogP contribution in [0.1, 0.15) is 42.5 Å². The maximum atomic E-state index is 13.8. The molecule has 1 aromatic heterocycles. The predicted molar refractivity (Wildman–Crippen MR) is 145 cm³/mol. The van der Waals surface area contributed by atoms with Crippen molar-refractivity contribution in [2.45, 2.75) is 26.3 Å². The molecule has 1 amide bonds. The van der Waals surface area contributed by atoms with Gasteiger partial charge in [-0.2, -0.15) is 0 Å². The predicted octanol–water partition coefficient (Wildman–Crippen LogP) is 5.25. The summed E-state index contributed by atoms with van der Waals surface area (Å²) >= 11 is 6.24. The average Bonchev–Trinajstić information content (AvgIpc) is 2.88. The molecule has 1 heterocycles. The maximum Gasteiger partial charge on any atom is 0.280 e. The number of carbonyl (C=O) groups is 1. The molecule has 37 heavy (non-hydrogen) atoms. The first-order valence-corrected chi connectivity index (χ1v) is 12.5. The average molecular weight is 522 g/mol. The number of aromatic nitrogens is 2. The normalized spacial score (nSPS) is 12.1. The Bertz CT molecular complexity index is 1440. The molecule has 4 rings (SSSR count). The largest absolute Gasteiger partial charge is 0.330 e. The zero-order valence-corrected chi connectivity index (χ0v) is 21.5. The van der Waals surface area contributed by atoms with Crippen molar-refractivity contribution in [3.05, 3.63) is 105 Å². The number of anilines is 1. The van der Waals surface area contributed by atoms with E-state index in [4.69, 9.17) is 22.3 Å². The number of benzene rings is 3. The Kier molecular flexibility index (Phi) is 8.21. The number of para-hydroxylation sites is 1. The van der Waals surface area contributed by atoms with Crippen LogP contribution in [0.15, 0.2) is 77.6 Å². The number of amides is 1. The van der Waals surface area contributed by atoms with Gasteiger partial charge in [0.25, 0.3) is 11.5 Å². The molecule has 7 nitrogen and oxygen atoms in total. The molecule has 9 heteroatoms. The molecule has 0 spiro atoms. The number of nitrogens with two attached hydrogens (primary N) is 1. The Hall–Kier alpha value is -3.75. The molecular formula is C28H29ClFN5O2. The topological polar surface area (TPSA) is 93.2 Å². The van der Waals surface area contributed by atoms with Gasteiger partial charge in [0.1, 0.15) is 5.82 Å². The number of rotatable bonds is 9. The van der Waals surface area contributed by atoms with E-state index in [-0.39, 0.29) is 17.4 Å². The van der Waals surface area contributed by atoms with E-state index in [9.17, 15) is 14.0 Å². The lowest BCUT2D eigenvalue weighted by molar-refractivity contribution is 0.0604. The Balaban J connectivity index is 1.93. The van der Waals surface area contributed by atoms with Gasteiger partial charge in [-0.25, -0.2) is 14.1 Å². The molecule has 4 aromatic rings. The summed E-state index contributed by atoms with van der Waals surface area (Å²) in [6, 6.07) is 19.0. The van der Waals surface area contributed by atoms with Crippen LogP contribution in [0.2, 0.25) is 5.02 Å². The summed E-state index contributed by atoms with van der Waals surface area (Å²) in [7, 11) is 0. The van der Waals surface area contributed by atoms with Crippen LogP contribution in [0.4, 0.5) is 10.1 Å². The summed E-state index contributed by atoms with van der Waals surface area (Å²) in [5, 5.41) is 0.833. The minimum absolute atomic E-state index is 0.144. The van der Waals surface area contributed by atoms with Crippen LogP contribution >= 0.6 is 11.6 Å². The van der Waals surface area contributed by atoms with E-state index in [1.165, 1.54) is 28.9 Å². The highest BCUT2D eigenvalue weighted by Gasteiger charge is 2.33. The Morgan fingerprint density at radius 3 is 2.46 bits per heavy atom. The Morgan fingerprint density at radius 2 is 1.81 bits per heavy atom. The molecule has 0 saturated carbocycles. The van der Waals surface area contributed by atoms with Crippen molar-refractivity contribution in [1.82, 2.24) is 14.6 Å². The van der Waals surface area contributed by atoms with E-state index in [0.717, 1.165) is 0 Å². The van der Waals surface area contributed by atoms with Crippen molar-refractivity contribution >= 4 is 34.1 Å². The zero-order valence-electron chi connectivity index (χ0n) is 20.7. The smallest absolute Gasteiger partial charge is 0.280 e. The van der Waals surface area contributed by atoms with Crippen LogP contribution in [-0.4, -0.2) is 33.6 Å². The lowest BCUT2D eigenvalue weighted by Crippen LogP contribution is -2.43. The SMILES string of the molecule is CC(C)C(c1nc2cc(Cl)ccc2c(=O)n1Nc1ccccc1)N(CCCN)C(=O)c1ccc(F)cc1. The fraction of sp³-hybridized carbons (Fsp3) is 0.250.